The van der Waals surface area contributed by atoms with Crippen molar-refractivity contribution >= 4 is 28.6 Å². The molecule has 36 heavy (non-hydrogen) atoms. The third-order valence-electron chi connectivity index (χ3n) is 5.83. The number of hydrazone groups is 1. The normalized spacial score (nSPS) is 11.8. The maximum atomic E-state index is 12.9. The number of nitro benzene ring substituents is 1. The van der Waals surface area contributed by atoms with E-state index in [2.05, 4.69) is 15.1 Å². The lowest BCUT2D eigenvalue weighted by Crippen LogP contribution is -2.20. The van der Waals surface area contributed by atoms with E-state index in [9.17, 15) is 28.1 Å². The monoisotopic (exact) mass is 494 g/mol. The smallest absolute Gasteiger partial charge is 0.317 e. The molecule has 4 rings (SSSR count). The number of hydrogen-bond acceptors (Lipinski definition) is 4. The number of alkyl halides is 3. The van der Waals surface area contributed by atoms with Gasteiger partial charge in [-0.2, -0.15) is 18.3 Å². The number of amides is 1. The first kappa shape index (κ1) is 24.6. The van der Waals surface area contributed by atoms with Gasteiger partial charge in [-0.15, -0.1) is 0 Å². The number of nitro groups is 1. The van der Waals surface area contributed by atoms with Crippen molar-refractivity contribution < 1.29 is 22.9 Å². The van der Waals surface area contributed by atoms with Gasteiger partial charge in [0.15, 0.2) is 0 Å². The Morgan fingerprint density at radius 2 is 1.81 bits per heavy atom. The Kier molecular flexibility index (Phi) is 6.61. The van der Waals surface area contributed by atoms with E-state index < -0.39 is 34.7 Å². The molecule has 0 aliphatic carbocycles. The number of nitrogens with one attached hydrogen (secondary N) is 1. The summed E-state index contributed by atoms with van der Waals surface area (Å²) in [6, 6.07) is 18.0. The van der Waals surface area contributed by atoms with Gasteiger partial charge in [0.1, 0.15) is 0 Å². The molecular formula is C26H21F3N4O3. The number of hydrogen-bond donors (Lipinski definition) is 1. The average molecular weight is 494 g/mol. The lowest BCUT2D eigenvalue weighted by atomic mass is 10.1. The molecule has 1 aromatic heterocycles. The molecule has 0 saturated heterocycles. The number of nitrogens with zero attached hydrogens (tertiary/aromatic N) is 3. The number of aryl methyl sites for hydroxylation is 1. The van der Waals surface area contributed by atoms with Crippen molar-refractivity contribution in [2.75, 3.05) is 0 Å². The molecule has 4 aromatic rings. The van der Waals surface area contributed by atoms with Gasteiger partial charge in [0.2, 0.25) is 5.91 Å². The van der Waals surface area contributed by atoms with Crippen LogP contribution in [0.1, 0.15) is 28.1 Å². The summed E-state index contributed by atoms with van der Waals surface area (Å²) >= 11 is 0. The summed E-state index contributed by atoms with van der Waals surface area (Å²) in [5.41, 5.74) is 3.82. The Balaban J connectivity index is 1.52. The fourth-order valence-electron chi connectivity index (χ4n) is 4.14. The zero-order chi connectivity index (χ0) is 26.0. The number of halogens is 3. The number of fused-ring (bicyclic) bond motifs is 1. The van der Waals surface area contributed by atoms with E-state index in [1.54, 1.807) is 0 Å². The van der Waals surface area contributed by atoms with Crippen LogP contribution in [0, 0.1) is 24.0 Å². The first-order chi connectivity index (χ1) is 17.1. The van der Waals surface area contributed by atoms with Crippen LogP contribution in [0.4, 0.5) is 18.9 Å². The van der Waals surface area contributed by atoms with Crippen molar-refractivity contribution in [1.29, 1.82) is 0 Å². The quantitative estimate of drug-likeness (QED) is 0.207. The van der Waals surface area contributed by atoms with E-state index in [1.165, 1.54) is 6.21 Å². The Morgan fingerprint density at radius 3 is 2.53 bits per heavy atom. The van der Waals surface area contributed by atoms with Crippen LogP contribution in [0.5, 0.6) is 0 Å². The topological polar surface area (TPSA) is 89.5 Å². The summed E-state index contributed by atoms with van der Waals surface area (Å²) < 4.78 is 40.7. The van der Waals surface area contributed by atoms with Gasteiger partial charge in [0, 0.05) is 34.0 Å². The number of benzene rings is 3. The van der Waals surface area contributed by atoms with Gasteiger partial charge < -0.3 is 4.57 Å². The number of carbonyl (C=O) groups excluding carboxylic acids is 1. The van der Waals surface area contributed by atoms with Gasteiger partial charge >= 0.3 is 6.18 Å². The second-order valence-corrected chi connectivity index (χ2v) is 8.23. The molecule has 0 saturated carbocycles. The van der Waals surface area contributed by atoms with Crippen LogP contribution < -0.4 is 5.43 Å². The molecule has 0 unspecified atom stereocenters. The minimum absolute atomic E-state index is 0.144. The van der Waals surface area contributed by atoms with Crippen molar-refractivity contribution in [3.05, 3.63) is 105 Å². The minimum atomic E-state index is -4.73. The summed E-state index contributed by atoms with van der Waals surface area (Å²) in [4.78, 5) is 22.6. The fourth-order valence-corrected chi connectivity index (χ4v) is 4.14. The lowest BCUT2D eigenvalue weighted by molar-refractivity contribution is -0.385. The molecule has 0 radical (unpaired) electrons. The van der Waals surface area contributed by atoms with Crippen LogP contribution in [-0.4, -0.2) is 21.6 Å². The van der Waals surface area contributed by atoms with Crippen LogP contribution in [-0.2, 0) is 17.4 Å². The predicted octanol–water partition coefficient (Wildman–Crippen LogP) is 5.87. The summed E-state index contributed by atoms with van der Waals surface area (Å²) in [7, 11) is 0. The third kappa shape index (κ3) is 4.97. The number of aromatic nitrogens is 1. The summed E-state index contributed by atoms with van der Waals surface area (Å²) in [6.07, 6.45) is -3.77. The molecule has 1 amide bonds. The Labute approximate surface area is 204 Å². The van der Waals surface area contributed by atoms with Gasteiger partial charge in [-0.05, 0) is 37.4 Å². The average Bonchev–Trinajstić information content (AvgIpc) is 3.10. The highest BCUT2D eigenvalue weighted by molar-refractivity contribution is 5.91. The molecule has 7 nitrogen and oxygen atoms in total. The highest BCUT2D eigenvalue weighted by Crippen LogP contribution is 2.33. The van der Waals surface area contributed by atoms with Crippen molar-refractivity contribution in [2.24, 2.45) is 5.10 Å². The molecule has 0 atom stereocenters. The van der Waals surface area contributed by atoms with Gasteiger partial charge in [-0.1, -0.05) is 42.5 Å². The predicted molar refractivity (Wildman–Crippen MR) is 130 cm³/mol. The minimum Gasteiger partial charge on any atom is -0.317 e. The van der Waals surface area contributed by atoms with Gasteiger partial charge in [0.25, 0.3) is 5.69 Å². The van der Waals surface area contributed by atoms with E-state index in [1.807, 2.05) is 62.4 Å². The van der Waals surface area contributed by atoms with E-state index in [0.29, 0.717) is 12.1 Å². The molecular weight excluding hydrogens is 473 g/mol. The first-order valence-corrected chi connectivity index (χ1v) is 10.9. The highest BCUT2D eigenvalue weighted by Gasteiger charge is 2.33. The summed E-state index contributed by atoms with van der Waals surface area (Å²) in [6.45, 7) is 3.87. The summed E-state index contributed by atoms with van der Waals surface area (Å²) in [5.74, 6) is -0.697. The van der Waals surface area contributed by atoms with Gasteiger partial charge in [-0.3, -0.25) is 14.9 Å². The van der Waals surface area contributed by atoms with E-state index in [0.717, 1.165) is 39.5 Å². The molecule has 184 valence electrons. The molecule has 3 aromatic carbocycles. The molecule has 1 N–H and O–H groups in total. The molecule has 1 heterocycles. The number of carbonyl (C=O) groups is 1. The van der Waals surface area contributed by atoms with Crippen molar-refractivity contribution in [2.45, 2.75) is 26.4 Å². The Hall–Kier alpha value is -4.47. The molecule has 0 spiro atoms. The van der Waals surface area contributed by atoms with Gasteiger partial charge in [0.05, 0.1) is 28.8 Å². The maximum Gasteiger partial charge on any atom is 0.416 e. The van der Waals surface area contributed by atoms with Crippen molar-refractivity contribution in [3.8, 4) is 5.69 Å². The molecule has 0 bridgehead atoms. The van der Waals surface area contributed by atoms with E-state index >= 15 is 0 Å². The molecule has 0 aliphatic heterocycles. The maximum absolute atomic E-state index is 12.9. The highest BCUT2D eigenvalue weighted by atomic mass is 19.4. The first-order valence-electron chi connectivity index (χ1n) is 10.9. The number of rotatable bonds is 6. The molecule has 10 heteroatoms. The standard InChI is InChI=1S/C26H21F3N4O3/c1-16-12-20(17(2)32(16)23-9-5-7-18-6-3-4-8-22(18)23)15-30-31-25(34)13-19-10-11-21(26(27,28)29)14-24(19)33(35)36/h3-12,14-15H,13H2,1-2H3,(H,31,34)/b30-15-. The Bertz CT molecular complexity index is 1500. The Morgan fingerprint density at radius 1 is 1.08 bits per heavy atom. The summed E-state index contributed by atoms with van der Waals surface area (Å²) in [5, 5.41) is 17.4. The second-order valence-electron chi connectivity index (χ2n) is 8.23. The van der Waals surface area contributed by atoms with Crippen molar-refractivity contribution in [3.63, 3.8) is 0 Å². The van der Waals surface area contributed by atoms with Gasteiger partial charge in [-0.25, -0.2) is 5.43 Å². The van der Waals surface area contributed by atoms with Crippen LogP contribution in [0.2, 0.25) is 0 Å². The molecule has 0 fully saturated rings. The second kappa shape index (κ2) is 9.65. The van der Waals surface area contributed by atoms with Crippen LogP contribution in [0.3, 0.4) is 0 Å². The van der Waals surface area contributed by atoms with Crippen molar-refractivity contribution in [1.82, 2.24) is 9.99 Å². The molecule has 0 aliphatic rings. The zero-order valence-corrected chi connectivity index (χ0v) is 19.3. The zero-order valence-electron chi connectivity index (χ0n) is 19.3. The fraction of sp³-hybridized carbons (Fsp3) is 0.154. The van der Waals surface area contributed by atoms with Crippen LogP contribution in [0.25, 0.3) is 16.5 Å². The third-order valence-corrected chi connectivity index (χ3v) is 5.83. The SMILES string of the molecule is Cc1cc(/C=N\NC(=O)Cc2ccc(C(F)(F)F)cc2[N+](=O)[O-])c(C)n1-c1cccc2ccccc12. The van der Waals surface area contributed by atoms with E-state index in [4.69, 9.17) is 0 Å². The largest absolute Gasteiger partial charge is 0.416 e. The van der Waals surface area contributed by atoms with Crippen LogP contribution >= 0.6 is 0 Å². The van der Waals surface area contributed by atoms with Crippen LogP contribution in [0.15, 0.2) is 71.8 Å². The lowest BCUT2D eigenvalue weighted by Gasteiger charge is -2.13. The van der Waals surface area contributed by atoms with E-state index in [-0.39, 0.29) is 5.56 Å².